The van der Waals surface area contributed by atoms with E-state index in [4.69, 9.17) is 4.42 Å². The molecule has 6 nitrogen and oxygen atoms in total. The topological polar surface area (TPSA) is 72.1 Å². The molecule has 0 bridgehead atoms. The van der Waals surface area contributed by atoms with E-state index in [0.29, 0.717) is 12.2 Å². The molecule has 1 amide bonds. The van der Waals surface area contributed by atoms with Gasteiger partial charge in [-0.1, -0.05) is 6.92 Å². The minimum absolute atomic E-state index is 0.0443. The summed E-state index contributed by atoms with van der Waals surface area (Å²) in [5.41, 5.74) is -0.0443. The van der Waals surface area contributed by atoms with E-state index in [1.165, 1.54) is 12.3 Å². The lowest BCUT2D eigenvalue weighted by atomic mass is 10.0. The summed E-state index contributed by atoms with van der Waals surface area (Å²) in [6.07, 6.45) is -2.63. The van der Waals surface area contributed by atoms with E-state index in [-0.39, 0.29) is 24.0 Å². The maximum absolute atomic E-state index is 13.5. The first kappa shape index (κ1) is 17.4. The predicted molar refractivity (Wildman–Crippen MR) is 84.2 cm³/mol. The van der Waals surface area contributed by atoms with Gasteiger partial charge in [0.15, 0.2) is 11.7 Å². The van der Waals surface area contributed by atoms with E-state index in [2.05, 4.69) is 15.7 Å². The van der Waals surface area contributed by atoms with Crippen LogP contribution in [0.2, 0.25) is 0 Å². The van der Waals surface area contributed by atoms with Crippen LogP contribution >= 0.6 is 0 Å². The maximum Gasteiger partial charge on any atom is 0.410 e. The third-order valence-electron chi connectivity index (χ3n) is 4.30. The van der Waals surface area contributed by atoms with Crippen LogP contribution in [0.15, 0.2) is 28.9 Å². The fraction of sp³-hybridized carbons (Fsp3) is 0.500. The molecule has 0 fully saturated rings. The molecular weight excluding hydrogens is 337 g/mol. The van der Waals surface area contributed by atoms with Gasteiger partial charge in [0.05, 0.1) is 12.3 Å². The molecule has 0 saturated heterocycles. The normalized spacial score (nSPS) is 21.3. The van der Waals surface area contributed by atoms with Gasteiger partial charge in [-0.25, -0.2) is 4.68 Å². The van der Waals surface area contributed by atoms with Crippen LogP contribution in [0, 0.1) is 0 Å². The molecule has 2 aromatic heterocycles. The number of hydrogen-bond acceptors (Lipinski definition) is 4. The number of anilines is 1. The van der Waals surface area contributed by atoms with Crippen molar-refractivity contribution in [2.24, 2.45) is 0 Å². The second-order valence-electron chi connectivity index (χ2n) is 6.15. The molecule has 3 atom stereocenters. The van der Waals surface area contributed by atoms with Gasteiger partial charge in [-0.3, -0.25) is 4.79 Å². The molecular formula is C16H19F3N4O2. The summed E-state index contributed by atoms with van der Waals surface area (Å²) in [6.45, 7) is 3.72. The molecule has 136 valence electrons. The summed E-state index contributed by atoms with van der Waals surface area (Å²) in [6, 6.07) is 2.02. The van der Waals surface area contributed by atoms with E-state index >= 15 is 0 Å². The van der Waals surface area contributed by atoms with Gasteiger partial charge >= 0.3 is 6.18 Å². The van der Waals surface area contributed by atoms with Gasteiger partial charge in [0.1, 0.15) is 11.6 Å². The van der Waals surface area contributed by atoms with Gasteiger partial charge in [0.2, 0.25) is 0 Å². The number of carbonyl (C=O) groups is 1. The summed E-state index contributed by atoms with van der Waals surface area (Å²) >= 11 is 0. The Morgan fingerprint density at radius 2 is 2.32 bits per heavy atom. The lowest BCUT2D eigenvalue weighted by molar-refractivity contribution is -0.174. The van der Waals surface area contributed by atoms with Gasteiger partial charge < -0.3 is 15.1 Å². The van der Waals surface area contributed by atoms with Crippen molar-refractivity contribution in [3.05, 3.63) is 35.9 Å². The van der Waals surface area contributed by atoms with Crippen LogP contribution in [0.3, 0.4) is 0 Å². The monoisotopic (exact) mass is 356 g/mol. The van der Waals surface area contributed by atoms with Gasteiger partial charge in [-0.05, 0) is 25.5 Å². The Balaban J connectivity index is 1.92. The Morgan fingerprint density at radius 1 is 1.56 bits per heavy atom. The molecule has 0 unspecified atom stereocenters. The van der Waals surface area contributed by atoms with Crippen LogP contribution < -0.4 is 10.6 Å². The number of alkyl halides is 3. The Bertz CT molecular complexity index is 739. The van der Waals surface area contributed by atoms with E-state index in [0.717, 1.165) is 4.68 Å². The maximum atomic E-state index is 13.5. The third-order valence-corrected chi connectivity index (χ3v) is 4.30. The van der Waals surface area contributed by atoms with Crippen LogP contribution in [-0.2, 0) is 0 Å². The molecule has 3 heterocycles. The second kappa shape index (κ2) is 6.45. The van der Waals surface area contributed by atoms with Gasteiger partial charge in [0, 0.05) is 18.5 Å². The standard InChI is InChI=1S/C16H19F3N4O2/c1-3-9(2)20-15(24)11-8-14-21-10(12-5-4-6-25-12)7-13(16(17,18)19)23(14)22-11/h4-6,8-10,13,21H,3,7H2,1-2H3,(H,20,24)/t9-,10-,13+/m0/s1. The molecule has 0 spiro atoms. The van der Waals surface area contributed by atoms with Crippen molar-refractivity contribution >= 4 is 11.7 Å². The molecule has 3 rings (SSSR count). The summed E-state index contributed by atoms with van der Waals surface area (Å²) in [7, 11) is 0. The molecule has 0 saturated carbocycles. The highest BCUT2D eigenvalue weighted by Gasteiger charge is 2.47. The first-order chi connectivity index (χ1) is 11.8. The van der Waals surface area contributed by atoms with Crippen molar-refractivity contribution in [2.75, 3.05) is 5.32 Å². The highest BCUT2D eigenvalue weighted by Crippen LogP contribution is 2.43. The lowest BCUT2D eigenvalue weighted by Crippen LogP contribution is -2.36. The second-order valence-corrected chi connectivity index (χ2v) is 6.15. The molecule has 25 heavy (non-hydrogen) atoms. The number of rotatable bonds is 4. The van der Waals surface area contributed by atoms with Crippen LogP contribution in [0.1, 0.15) is 55.0 Å². The molecule has 0 aliphatic carbocycles. The van der Waals surface area contributed by atoms with Crippen LogP contribution in [0.25, 0.3) is 0 Å². The number of furan rings is 1. The Morgan fingerprint density at radius 3 is 2.92 bits per heavy atom. The quantitative estimate of drug-likeness (QED) is 0.877. The van der Waals surface area contributed by atoms with E-state index < -0.39 is 24.2 Å². The van der Waals surface area contributed by atoms with E-state index in [1.54, 1.807) is 12.1 Å². The number of carbonyl (C=O) groups excluding carboxylic acids is 1. The number of halogens is 3. The zero-order valence-electron chi connectivity index (χ0n) is 13.8. The van der Waals surface area contributed by atoms with Crippen molar-refractivity contribution < 1.29 is 22.4 Å². The zero-order chi connectivity index (χ0) is 18.2. The van der Waals surface area contributed by atoms with Crippen LogP contribution in [-0.4, -0.2) is 27.9 Å². The largest absolute Gasteiger partial charge is 0.467 e. The fourth-order valence-electron chi connectivity index (χ4n) is 2.76. The van der Waals surface area contributed by atoms with Gasteiger partial charge in [-0.15, -0.1) is 0 Å². The van der Waals surface area contributed by atoms with Crippen molar-refractivity contribution in [1.82, 2.24) is 15.1 Å². The number of fused-ring (bicyclic) bond motifs is 1. The average Bonchev–Trinajstić information content (AvgIpc) is 3.21. The van der Waals surface area contributed by atoms with E-state index in [9.17, 15) is 18.0 Å². The van der Waals surface area contributed by atoms with Crippen molar-refractivity contribution in [3.63, 3.8) is 0 Å². The average molecular weight is 356 g/mol. The van der Waals surface area contributed by atoms with E-state index in [1.807, 2.05) is 13.8 Å². The van der Waals surface area contributed by atoms with Gasteiger partial charge in [-0.2, -0.15) is 18.3 Å². The molecule has 0 aromatic carbocycles. The Hall–Kier alpha value is -2.45. The SMILES string of the molecule is CC[C@H](C)NC(=O)c1cc2n(n1)[C@@H](C(F)(F)F)C[C@@H](c1ccco1)N2. The summed E-state index contributed by atoms with van der Waals surface area (Å²) in [4.78, 5) is 12.2. The molecule has 1 aliphatic rings. The minimum Gasteiger partial charge on any atom is -0.467 e. The highest BCUT2D eigenvalue weighted by atomic mass is 19.4. The van der Waals surface area contributed by atoms with Crippen LogP contribution in [0.4, 0.5) is 19.0 Å². The summed E-state index contributed by atoms with van der Waals surface area (Å²) in [5.74, 6) is 0.0603. The number of nitrogens with one attached hydrogen (secondary N) is 2. The van der Waals surface area contributed by atoms with Crippen molar-refractivity contribution in [3.8, 4) is 0 Å². The third kappa shape index (κ3) is 3.49. The fourth-order valence-corrected chi connectivity index (χ4v) is 2.76. The molecule has 1 aliphatic heterocycles. The lowest BCUT2D eigenvalue weighted by Gasteiger charge is -2.32. The summed E-state index contributed by atoms with van der Waals surface area (Å²) in [5, 5.41) is 9.57. The molecule has 2 aromatic rings. The molecule has 0 radical (unpaired) electrons. The molecule has 9 heteroatoms. The predicted octanol–water partition coefficient (Wildman–Crippen LogP) is 3.66. The first-order valence-corrected chi connectivity index (χ1v) is 8.06. The smallest absolute Gasteiger partial charge is 0.410 e. The van der Waals surface area contributed by atoms with Crippen molar-refractivity contribution in [2.45, 2.75) is 51.0 Å². The highest BCUT2D eigenvalue weighted by molar-refractivity contribution is 5.93. The first-order valence-electron chi connectivity index (χ1n) is 8.06. The number of aromatic nitrogens is 2. The summed E-state index contributed by atoms with van der Waals surface area (Å²) < 4.78 is 46.5. The molecule has 2 N–H and O–H groups in total. The number of amides is 1. The number of nitrogens with zero attached hydrogens (tertiary/aromatic N) is 2. The van der Waals surface area contributed by atoms with Crippen molar-refractivity contribution in [1.29, 1.82) is 0 Å². The zero-order valence-corrected chi connectivity index (χ0v) is 13.8. The van der Waals surface area contributed by atoms with Gasteiger partial charge in [0.25, 0.3) is 5.91 Å². The Labute approximate surface area is 142 Å². The number of hydrogen-bond donors (Lipinski definition) is 2. The Kier molecular flexibility index (Phi) is 4.49. The minimum atomic E-state index is -4.49. The van der Waals surface area contributed by atoms with Crippen LogP contribution in [0.5, 0.6) is 0 Å².